The van der Waals surface area contributed by atoms with Gasteiger partial charge in [-0.1, -0.05) is 6.07 Å². The number of likely N-dealkylation sites (N-methyl/N-ethyl adjacent to an activating group) is 1. The first kappa shape index (κ1) is 36.6. The van der Waals surface area contributed by atoms with Crippen molar-refractivity contribution in [2.24, 2.45) is 0 Å². The number of thioether (sulfide) groups is 1. The molecule has 5 aliphatic rings. The number of carbonyl (C=O) groups excluding carboxylic acids is 2. The van der Waals surface area contributed by atoms with Gasteiger partial charge in [-0.2, -0.15) is 0 Å². The molecule has 0 saturated carbocycles. The van der Waals surface area contributed by atoms with Crippen LogP contribution in [0.4, 0.5) is 0 Å². The van der Waals surface area contributed by atoms with E-state index in [2.05, 4.69) is 35.2 Å². The molecule has 8 rings (SSSR count). The number of hydrogen-bond donors (Lipinski definition) is 3. The van der Waals surface area contributed by atoms with Gasteiger partial charge < -0.3 is 44.0 Å². The fourth-order valence-electron chi connectivity index (χ4n) is 9.75. The van der Waals surface area contributed by atoms with Crippen molar-refractivity contribution in [2.75, 3.05) is 53.5 Å². The number of nitrogens with one attached hydrogen (secondary N) is 1. The Labute approximate surface area is 318 Å². The maximum absolute atomic E-state index is 12.9. The molecule has 5 aliphatic heterocycles. The minimum Gasteiger partial charge on any atom is -0.504 e. The van der Waals surface area contributed by atoms with E-state index in [1.807, 2.05) is 19.9 Å². The Balaban J connectivity index is 1.37. The summed E-state index contributed by atoms with van der Waals surface area (Å²) in [5.74, 6) is 2.61. The van der Waals surface area contributed by atoms with E-state index in [4.69, 9.17) is 28.4 Å². The minimum absolute atomic E-state index is 0.00350. The molecule has 0 aromatic heterocycles. The number of ether oxygens (including phenoxy) is 6. The molecule has 1 saturated heterocycles. The fourth-order valence-corrected chi connectivity index (χ4v) is 11.4. The SMILES string of the molecule is COc1cc2c(cc1O)CCN[C@]2(C)CS[C@@H]1c2c(OC(C)=O)c(C)c3c(c2[C@H](COC=O)N2CC4Cc5cc(C)c(OC)c(O)c5C(C12)N4C)OCO3. The van der Waals surface area contributed by atoms with Crippen LogP contribution in [0.5, 0.6) is 40.2 Å². The van der Waals surface area contributed by atoms with E-state index in [1.165, 1.54) is 6.92 Å². The smallest absolute Gasteiger partial charge is 0.308 e. The van der Waals surface area contributed by atoms with E-state index < -0.39 is 17.6 Å². The summed E-state index contributed by atoms with van der Waals surface area (Å²) in [6.07, 6.45) is 1.45. The summed E-state index contributed by atoms with van der Waals surface area (Å²) in [7, 11) is 5.22. The third-order valence-electron chi connectivity index (χ3n) is 12.1. The molecule has 0 aliphatic carbocycles. The number of carbonyl (C=O) groups is 2. The fraction of sp³-hybridized carbons (Fsp3) is 0.500. The van der Waals surface area contributed by atoms with Crippen molar-refractivity contribution < 1.29 is 48.2 Å². The second kappa shape index (κ2) is 13.7. The van der Waals surface area contributed by atoms with E-state index >= 15 is 0 Å². The van der Waals surface area contributed by atoms with Crippen LogP contribution in [0.1, 0.15) is 75.7 Å². The number of nitrogens with zero attached hydrogens (tertiary/aromatic N) is 2. The highest BCUT2D eigenvalue weighted by Gasteiger charge is 2.57. The van der Waals surface area contributed by atoms with Crippen molar-refractivity contribution in [1.29, 1.82) is 0 Å². The van der Waals surface area contributed by atoms with Crippen molar-refractivity contribution in [2.45, 2.75) is 75.5 Å². The third kappa shape index (κ3) is 5.55. The monoisotopic (exact) mass is 761 g/mol. The normalized spacial score (nSPS) is 26.5. The van der Waals surface area contributed by atoms with E-state index in [0.717, 1.165) is 45.4 Å². The van der Waals surface area contributed by atoms with Gasteiger partial charge in [0.05, 0.1) is 37.1 Å². The van der Waals surface area contributed by atoms with Gasteiger partial charge in [0.25, 0.3) is 6.47 Å². The predicted octanol–water partition coefficient (Wildman–Crippen LogP) is 4.73. The number of aromatic hydroxyl groups is 2. The van der Waals surface area contributed by atoms with Crippen LogP contribution in [-0.2, 0) is 32.7 Å². The minimum atomic E-state index is -0.551. The van der Waals surface area contributed by atoms with E-state index in [0.29, 0.717) is 66.0 Å². The van der Waals surface area contributed by atoms with Gasteiger partial charge in [-0.3, -0.25) is 19.4 Å². The number of rotatable bonds is 9. The number of phenols is 2. The van der Waals surface area contributed by atoms with Gasteiger partial charge in [0.15, 0.2) is 34.5 Å². The highest BCUT2D eigenvalue weighted by Crippen LogP contribution is 2.63. The topological polar surface area (TPSA) is 148 Å². The lowest BCUT2D eigenvalue weighted by molar-refractivity contribution is -0.133. The molecule has 1 fully saturated rings. The number of piperazine rings is 1. The number of benzene rings is 3. The maximum Gasteiger partial charge on any atom is 0.308 e. The molecule has 0 radical (unpaired) electrons. The number of esters is 1. The number of methoxy groups -OCH3 is 2. The second-order valence-electron chi connectivity index (χ2n) is 15.1. The Morgan fingerprint density at radius 3 is 2.57 bits per heavy atom. The number of phenolic OH excluding ortho intramolecular Hbond substituents is 2. The largest absolute Gasteiger partial charge is 0.504 e. The molecular weight excluding hydrogens is 715 g/mol. The van der Waals surface area contributed by atoms with Crippen molar-refractivity contribution in [1.82, 2.24) is 15.1 Å². The Kier molecular flexibility index (Phi) is 9.31. The molecule has 3 N–H and O–H groups in total. The van der Waals surface area contributed by atoms with E-state index in [-0.39, 0.29) is 48.3 Å². The van der Waals surface area contributed by atoms with Crippen LogP contribution >= 0.6 is 11.8 Å². The van der Waals surface area contributed by atoms with E-state index in [1.54, 1.807) is 32.0 Å². The summed E-state index contributed by atoms with van der Waals surface area (Å²) in [5.41, 5.74) is 6.44. The van der Waals surface area contributed by atoms with Crippen LogP contribution < -0.4 is 29.0 Å². The molecule has 3 unspecified atom stereocenters. The highest BCUT2D eigenvalue weighted by molar-refractivity contribution is 7.99. The molecule has 3 aromatic rings. The lowest BCUT2D eigenvalue weighted by Gasteiger charge is -2.60. The molecule has 13 nitrogen and oxygen atoms in total. The molecular formula is C40H47N3O10S. The lowest BCUT2D eigenvalue weighted by Crippen LogP contribution is -2.65. The van der Waals surface area contributed by atoms with Crippen molar-refractivity contribution in [3.8, 4) is 40.2 Å². The molecule has 288 valence electrons. The third-order valence-corrected chi connectivity index (χ3v) is 13.7. The summed E-state index contributed by atoms with van der Waals surface area (Å²) in [4.78, 5) is 29.5. The average molecular weight is 762 g/mol. The summed E-state index contributed by atoms with van der Waals surface area (Å²) < 4.78 is 35.4. The van der Waals surface area contributed by atoms with Crippen LogP contribution in [0.25, 0.3) is 0 Å². The molecule has 6 atom stereocenters. The van der Waals surface area contributed by atoms with Crippen molar-refractivity contribution >= 4 is 24.2 Å². The summed E-state index contributed by atoms with van der Waals surface area (Å²) in [6, 6.07) is 4.77. The van der Waals surface area contributed by atoms with Gasteiger partial charge in [0.2, 0.25) is 6.79 Å². The zero-order chi connectivity index (χ0) is 38.2. The Bertz CT molecular complexity index is 2040. The first-order valence-corrected chi connectivity index (χ1v) is 19.3. The standard InChI is InChI=1S/C40H47N3O10S/c1-19-10-23-11-24-14-43-26(15-50-17-44)30-31(36(53-21(3)45)20(2)37-38(30)52-18-51-37)39(33(43)32(42(24)5)29(23)34(47)35(19)49-7)54-16-40(4)25-13-28(48-6)27(46)12-22(25)8-9-41-40/h10,12-13,17,24,26,32-33,39,41,46-47H,8-9,11,14-16,18H2,1-7H3/t24?,26-,32?,33?,39+,40+/m0/s1. The van der Waals surface area contributed by atoms with Crippen LogP contribution in [0.2, 0.25) is 0 Å². The lowest BCUT2D eigenvalue weighted by atomic mass is 9.73. The molecule has 14 heteroatoms. The Morgan fingerprint density at radius 2 is 1.85 bits per heavy atom. The molecule has 54 heavy (non-hydrogen) atoms. The van der Waals surface area contributed by atoms with E-state index in [9.17, 15) is 19.8 Å². The molecule has 2 bridgehead atoms. The van der Waals surface area contributed by atoms with Gasteiger partial charge in [-0.05, 0) is 75.0 Å². The average Bonchev–Trinajstić information content (AvgIpc) is 3.62. The van der Waals surface area contributed by atoms with Gasteiger partial charge in [0, 0.05) is 60.1 Å². The Hall–Kier alpha value is -4.37. The first-order valence-electron chi connectivity index (χ1n) is 18.3. The predicted molar refractivity (Wildman–Crippen MR) is 200 cm³/mol. The zero-order valence-corrected chi connectivity index (χ0v) is 32.4. The number of aryl methyl sites for hydroxylation is 1. The quantitative estimate of drug-likeness (QED) is 0.157. The molecule has 0 amide bonds. The van der Waals surface area contributed by atoms with Crippen LogP contribution in [0.3, 0.4) is 0 Å². The van der Waals surface area contributed by atoms with Gasteiger partial charge in [-0.25, -0.2) is 0 Å². The summed E-state index contributed by atoms with van der Waals surface area (Å²) in [6.45, 7) is 9.18. The van der Waals surface area contributed by atoms with Crippen LogP contribution in [-0.4, -0.2) is 98.0 Å². The van der Waals surface area contributed by atoms with Gasteiger partial charge in [0.1, 0.15) is 12.4 Å². The van der Waals surface area contributed by atoms with Crippen molar-refractivity contribution in [3.63, 3.8) is 0 Å². The Morgan fingerprint density at radius 1 is 1.07 bits per heavy atom. The maximum atomic E-state index is 12.9. The van der Waals surface area contributed by atoms with Crippen LogP contribution in [0, 0.1) is 13.8 Å². The number of hydrogen-bond acceptors (Lipinski definition) is 14. The molecule has 0 spiro atoms. The molecule has 3 aromatic carbocycles. The highest BCUT2D eigenvalue weighted by atomic mass is 32.2. The second-order valence-corrected chi connectivity index (χ2v) is 16.2. The summed E-state index contributed by atoms with van der Waals surface area (Å²) >= 11 is 1.73. The van der Waals surface area contributed by atoms with Gasteiger partial charge >= 0.3 is 5.97 Å². The number of fused-ring (bicyclic) bond motifs is 10. The van der Waals surface area contributed by atoms with Crippen LogP contribution in [0.15, 0.2) is 18.2 Å². The first-order chi connectivity index (χ1) is 25.9. The molecule has 5 heterocycles. The van der Waals surface area contributed by atoms with Crippen molar-refractivity contribution in [3.05, 3.63) is 62.7 Å². The summed E-state index contributed by atoms with van der Waals surface area (Å²) in [5, 5.41) is 26.1. The zero-order valence-electron chi connectivity index (χ0n) is 31.6. The van der Waals surface area contributed by atoms with Gasteiger partial charge in [-0.15, -0.1) is 11.8 Å².